The van der Waals surface area contributed by atoms with Crippen molar-refractivity contribution in [1.82, 2.24) is 20.1 Å². The van der Waals surface area contributed by atoms with Crippen LogP contribution in [0.5, 0.6) is 5.75 Å². The van der Waals surface area contributed by atoms with E-state index in [0.29, 0.717) is 35.4 Å². The van der Waals surface area contributed by atoms with Crippen molar-refractivity contribution in [1.29, 1.82) is 0 Å². The summed E-state index contributed by atoms with van der Waals surface area (Å²) in [6, 6.07) is 8.45. The number of carbonyl (C=O) groups is 1. The van der Waals surface area contributed by atoms with E-state index in [9.17, 15) is 22.8 Å². The Hall–Kier alpha value is -3.80. The standard InChI is InChI=1S/C29H31F3N4O4S/c1-18(2)22-15-24(35-34-22)28(38)36(3)16-20-14-25(37)26(17-40-20)39-11-5-4-6-12-41-27-9-10-33-23-13-19(29(30,31)32)7-8-21(23)27/h7-10,13-15,17-18H,4-6,11-12,16H2,1-3H3,(H,34,35). The predicted molar refractivity (Wildman–Crippen MR) is 150 cm³/mol. The highest BCUT2D eigenvalue weighted by molar-refractivity contribution is 7.99. The molecular weight excluding hydrogens is 557 g/mol. The summed E-state index contributed by atoms with van der Waals surface area (Å²) < 4.78 is 50.1. The first kappa shape index (κ1) is 30.2. The quantitative estimate of drug-likeness (QED) is 0.146. The second-order valence-corrected chi connectivity index (χ2v) is 11.0. The summed E-state index contributed by atoms with van der Waals surface area (Å²) in [5.41, 5.74) is 0.436. The third-order valence-corrected chi connectivity index (χ3v) is 7.52. The first-order valence-electron chi connectivity index (χ1n) is 13.2. The van der Waals surface area contributed by atoms with Crippen LogP contribution < -0.4 is 10.2 Å². The fraction of sp³-hybridized carbons (Fsp3) is 0.379. The molecule has 3 heterocycles. The monoisotopic (exact) mass is 588 g/mol. The summed E-state index contributed by atoms with van der Waals surface area (Å²) >= 11 is 1.57. The number of nitrogens with one attached hydrogen (secondary N) is 1. The molecule has 1 amide bonds. The molecule has 0 aliphatic rings. The van der Waals surface area contributed by atoms with Gasteiger partial charge in [0.1, 0.15) is 17.7 Å². The van der Waals surface area contributed by atoms with E-state index in [1.165, 1.54) is 29.5 Å². The van der Waals surface area contributed by atoms with Gasteiger partial charge >= 0.3 is 6.18 Å². The number of unbranched alkanes of at least 4 members (excludes halogenated alkanes) is 2. The van der Waals surface area contributed by atoms with Crippen LogP contribution >= 0.6 is 11.8 Å². The Morgan fingerprint density at radius 3 is 2.66 bits per heavy atom. The molecule has 1 N–H and O–H groups in total. The number of hydrogen-bond acceptors (Lipinski definition) is 7. The zero-order valence-corrected chi connectivity index (χ0v) is 23.8. The lowest BCUT2D eigenvalue weighted by Gasteiger charge is -2.15. The number of nitrogens with zero attached hydrogens (tertiary/aromatic N) is 3. The van der Waals surface area contributed by atoms with Gasteiger partial charge in [0.15, 0.2) is 0 Å². The van der Waals surface area contributed by atoms with Crippen molar-refractivity contribution in [2.24, 2.45) is 0 Å². The van der Waals surface area contributed by atoms with Gasteiger partial charge in [0.05, 0.1) is 24.2 Å². The van der Waals surface area contributed by atoms with E-state index in [1.54, 1.807) is 30.9 Å². The molecule has 0 fully saturated rings. The van der Waals surface area contributed by atoms with Crippen LogP contribution in [0.1, 0.15) is 66.5 Å². The van der Waals surface area contributed by atoms with Crippen LogP contribution in [-0.4, -0.2) is 45.4 Å². The van der Waals surface area contributed by atoms with Gasteiger partial charge in [0.25, 0.3) is 5.91 Å². The van der Waals surface area contributed by atoms with E-state index in [1.807, 2.05) is 13.8 Å². The maximum Gasteiger partial charge on any atom is 0.416 e. The molecule has 4 rings (SSSR count). The Morgan fingerprint density at radius 1 is 1.15 bits per heavy atom. The first-order chi connectivity index (χ1) is 19.5. The number of carbonyl (C=O) groups excluding carboxylic acids is 1. The SMILES string of the molecule is CC(C)c1cc(C(=O)N(C)Cc2cc(=O)c(OCCCCCSc3ccnc4cc(C(F)(F)F)ccc34)co2)n[nH]1. The summed E-state index contributed by atoms with van der Waals surface area (Å²) in [5, 5.41) is 7.61. The number of pyridine rings is 1. The van der Waals surface area contributed by atoms with Crippen molar-refractivity contribution in [2.45, 2.75) is 56.6 Å². The molecule has 4 aromatic rings. The van der Waals surface area contributed by atoms with Crippen molar-refractivity contribution in [3.05, 3.63) is 81.8 Å². The molecular formula is C29H31F3N4O4S. The van der Waals surface area contributed by atoms with E-state index in [-0.39, 0.29) is 29.5 Å². The Kier molecular flexibility index (Phi) is 9.74. The fourth-order valence-electron chi connectivity index (χ4n) is 4.04. The van der Waals surface area contributed by atoms with E-state index in [2.05, 4.69) is 15.2 Å². The lowest BCUT2D eigenvalue weighted by atomic mass is 10.1. The Bertz CT molecular complexity index is 1550. The van der Waals surface area contributed by atoms with Crippen LogP contribution in [0.3, 0.4) is 0 Å². The van der Waals surface area contributed by atoms with Gasteiger partial charge in [-0.05, 0) is 55.2 Å². The van der Waals surface area contributed by atoms with E-state index in [4.69, 9.17) is 9.15 Å². The number of thioether (sulfide) groups is 1. The molecule has 218 valence electrons. The minimum absolute atomic E-state index is 0.103. The average molecular weight is 589 g/mol. The minimum Gasteiger partial charge on any atom is -0.487 e. The Balaban J connectivity index is 1.19. The normalized spacial score (nSPS) is 11.8. The van der Waals surface area contributed by atoms with Crippen molar-refractivity contribution >= 4 is 28.6 Å². The zero-order valence-electron chi connectivity index (χ0n) is 23.0. The largest absolute Gasteiger partial charge is 0.487 e. The van der Waals surface area contributed by atoms with E-state index >= 15 is 0 Å². The molecule has 0 radical (unpaired) electrons. The van der Waals surface area contributed by atoms with Crippen molar-refractivity contribution in [3.63, 3.8) is 0 Å². The van der Waals surface area contributed by atoms with Gasteiger partial charge in [0.2, 0.25) is 11.2 Å². The maximum absolute atomic E-state index is 13.0. The highest BCUT2D eigenvalue weighted by Crippen LogP contribution is 2.34. The average Bonchev–Trinajstić information content (AvgIpc) is 3.43. The Labute approximate surface area is 239 Å². The molecule has 0 aliphatic heterocycles. The predicted octanol–water partition coefficient (Wildman–Crippen LogP) is 6.67. The third-order valence-electron chi connectivity index (χ3n) is 6.36. The van der Waals surface area contributed by atoms with Gasteiger partial charge < -0.3 is 14.1 Å². The van der Waals surface area contributed by atoms with Gasteiger partial charge in [-0.2, -0.15) is 18.3 Å². The van der Waals surface area contributed by atoms with Crippen molar-refractivity contribution < 1.29 is 27.1 Å². The molecule has 0 unspecified atom stereocenters. The summed E-state index contributed by atoms with van der Waals surface area (Å²) in [6.07, 6.45) is 0.799. The second kappa shape index (κ2) is 13.2. The number of ether oxygens (including phenoxy) is 1. The van der Waals surface area contributed by atoms with Crippen LogP contribution in [-0.2, 0) is 12.7 Å². The smallest absolute Gasteiger partial charge is 0.416 e. The van der Waals surface area contributed by atoms with Crippen LogP contribution in [0, 0.1) is 0 Å². The molecule has 12 heteroatoms. The second-order valence-electron chi connectivity index (χ2n) is 9.90. The number of aromatic amines is 1. The van der Waals surface area contributed by atoms with Crippen LogP contribution in [0.25, 0.3) is 10.9 Å². The number of rotatable bonds is 12. The number of benzene rings is 1. The summed E-state index contributed by atoms with van der Waals surface area (Å²) in [4.78, 5) is 31.5. The van der Waals surface area contributed by atoms with Gasteiger partial charge in [-0.3, -0.25) is 19.7 Å². The third kappa shape index (κ3) is 7.90. The van der Waals surface area contributed by atoms with E-state index < -0.39 is 11.7 Å². The minimum atomic E-state index is -4.40. The number of hydrogen-bond donors (Lipinski definition) is 1. The number of aromatic nitrogens is 3. The number of alkyl halides is 3. The zero-order chi connectivity index (χ0) is 29.6. The van der Waals surface area contributed by atoms with Crippen molar-refractivity contribution in [3.8, 4) is 5.75 Å². The molecule has 8 nitrogen and oxygen atoms in total. The van der Waals surface area contributed by atoms with E-state index in [0.717, 1.165) is 41.3 Å². The summed E-state index contributed by atoms with van der Waals surface area (Å²) in [7, 11) is 1.61. The molecule has 3 aromatic heterocycles. The maximum atomic E-state index is 13.0. The molecule has 0 atom stereocenters. The van der Waals surface area contributed by atoms with Gasteiger partial charge in [-0.25, -0.2) is 0 Å². The molecule has 0 saturated heterocycles. The number of halogens is 3. The lowest BCUT2D eigenvalue weighted by molar-refractivity contribution is -0.137. The molecule has 0 spiro atoms. The van der Waals surface area contributed by atoms with Crippen LogP contribution in [0.2, 0.25) is 0 Å². The fourth-order valence-corrected chi connectivity index (χ4v) is 5.09. The summed E-state index contributed by atoms with van der Waals surface area (Å²) in [6.45, 7) is 4.43. The molecule has 0 bridgehead atoms. The highest BCUT2D eigenvalue weighted by Gasteiger charge is 2.30. The number of amides is 1. The number of H-pyrrole nitrogens is 1. The molecule has 0 aliphatic carbocycles. The Morgan fingerprint density at radius 2 is 1.95 bits per heavy atom. The first-order valence-corrected chi connectivity index (χ1v) is 14.2. The summed E-state index contributed by atoms with van der Waals surface area (Å²) in [5.74, 6) is 1.13. The molecule has 1 aromatic carbocycles. The highest BCUT2D eigenvalue weighted by atomic mass is 32.2. The molecule has 0 saturated carbocycles. The van der Waals surface area contributed by atoms with Crippen molar-refractivity contribution in [2.75, 3.05) is 19.4 Å². The van der Waals surface area contributed by atoms with Crippen LogP contribution in [0.15, 0.2) is 63.0 Å². The number of fused-ring (bicyclic) bond motifs is 1. The lowest BCUT2D eigenvalue weighted by Crippen LogP contribution is -2.27. The van der Waals surface area contributed by atoms with Gasteiger partial charge in [-0.1, -0.05) is 19.9 Å². The van der Waals surface area contributed by atoms with Gasteiger partial charge in [0, 0.05) is 35.3 Å². The topological polar surface area (TPSA) is 101 Å². The van der Waals surface area contributed by atoms with Crippen LogP contribution in [0.4, 0.5) is 13.2 Å². The molecule has 41 heavy (non-hydrogen) atoms. The van der Waals surface area contributed by atoms with Gasteiger partial charge in [-0.15, -0.1) is 11.8 Å².